The number of hydrogen-bond acceptors (Lipinski definition) is 5. The fourth-order valence-electron chi connectivity index (χ4n) is 2.46. The Morgan fingerprint density at radius 3 is 2.68 bits per heavy atom. The van der Waals surface area contributed by atoms with E-state index in [0.29, 0.717) is 31.1 Å². The lowest BCUT2D eigenvalue weighted by atomic mass is 10.2. The van der Waals surface area contributed by atoms with Crippen LogP contribution in [0.15, 0.2) is 31.0 Å². The number of carbonyl (C=O) groups excluding carboxylic acids is 1. The largest absolute Gasteiger partial charge is 0.353 e. The Morgan fingerprint density at radius 1 is 1.23 bits per heavy atom. The van der Waals surface area contributed by atoms with E-state index in [1.165, 1.54) is 6.33 Å². The number of nitrogens with zero attached hydrogens (tertiary/aromatic N) is 6. The molecule has 0 unspecified atom stereocenters. The highest BCUT2D eigenvalue weighted by molar-refractivity contribution is 6.30. The molecule has 2 aromatic rings. The molecule has 1 aliphatic heterocycles. The lowest BCUT2D eigenvalue weighted by Gasteiger charge is -2.35. The van der Waals surface area contributed by atoms with Crippen LogP contribution >= 0.6 is 11.6 Å². The molecule has 2 aromatic heterocycles. The average Bonchev–Trinajstić information content (AvgIpc) is 3.07. The van der Waals surface area contributed by atoms with Gasteiger partial charge in [-0.05, 0) is 12.1 Å². The summed E-state index contributed by atoms with van der Waals surface area (Å²) in [4.78, 5) is 24.4. The normalized spacial score (nSPS) is 15.1. The molecule has 116 valence electrons. The average molecular weight is 321 g/mol. The predicted octanol–water partition coefficient (Wildman–Crippen LogP) is 1.07. The van der Waals surface area contributed by atoms with Crippen LogP contribution in [0.1, 0.15) is 6.42 Å². The van der Waals surface area contributed by atoms with Gasteiger partial charge in [-0.15, -0.1) is 0 Å². The Balaban J connectivity index is 1.48. The van der Waals surface area contributed by atoms with E-state index in [1.54, 1.807) is 17.2 Å². The van der Waals surface area contributed by atoms with Gasteiger partial charge in [0.05, 0.1) is 11.6 Å². The third kappa shape index (κ3) is 3.54. The first kappa shape index (κ1) is 14.8. The van der Waals surface area contributed by atoms with Crippen LogP contribution in [-0.4, -0.2) is 56.7 Å². The van der Waals surface area contributed by atoms with E-state index in [9.17, 15) is 4.79 Å². The Labute approximate surface area is 133 Å². The van der Waals surface area contributed by atoms with Gasteiger partial charge in [0, 0.05) is 38.8 Å². The minimum absolute atomic E-state index is 0.152. The molecule has 22 heavy (non-hydrogen) atoms. The van der Waals surface area contributed by atoms with Crippen LogP contribution < -0.4 is 4.90 Å². The molecule has 1 saturated heterocycles. The minimum atomic E-state index is 0.152. The summed E-state index contributed by atoms with van der Waals surface area (Å²) in [6.07, 6.45) is 5.19. The maximum atomic E-state index is 12.2. The van der Waals surface area contributed by atoms with Crippen LogP contribution in [0.2, 0.25) is 5.02 Å². The number of rotatable bonds is 4. The Hall–Kier alpha value is -2.15. The summed E-state index contributed by atoms with van der Waals surface area (Å²) in [5.41, 5.74) is 0. The van der Waals surface area contributed by atoms with Gasteiger partial charge in [-0.1, -0.05) is 11.6 Å². The zero-order chi connectivity index (χ0) is 15.4. The molecule has 0 N–H and O–H groups in total. The molecule has 0 atom stereocenters. The second-order valence-corrected chi connectivity index (χ2v) is 5.55. The van der Waals surface area contributed by atoms with Crippen molar-refractivity contribution >= 4 is 23.3 Å². The first-order chi connectivity index (χ1) is 10.7. The molecular formula is C14H17ClN6O. The summed E-state index contributed by atoms with van der Waals surface area (Å²) in [7, 11) is 0. The van der Waals surface area contributed by atoms with Gasteiger partial charge in [0.2, 0.25) is 5.91 Å². The number of aryl methyl sites for hydroxylation is 1. The van der Waals surface area contributed by atoms with Crippen molar-refractivity contribution in [3.05, 3.63) is 36.0 Å². The van der Waals surface area contributed by atoms with E-state index >= 15 is 0 Å². The Morgan fingerprint density at radius 2 is 2.05 bits per heavy atom. The van der Waals surface area contributed by atoms with Crippen molar-refractivity contribution < 1.29 is 4.79 Å². The zero-order valence-electron chi connectivity index (χ0n) is 12.1. The van der Waals surface area contributed by atoms with E-state index in [2.05, 4.69) is 20.0 Å². The van der Waals surface area contributed by atoms with Gasteiger partial charge in [-0.2, -0.15) is 5.10 Å². The van der Waals surface area contributed by atoms with Gasteiger partial charge in [-0.25, -0.2) is 9.97 Å². The van der Waals surface area contributed by atoms with Gasteiger partial charge in [0.15, 0.2) is 0 Å². The molecule has 0 aromatic carbocycles. The lowest BCUT2D eigenvalue weighted by Crippen LogP contribution is -2.49. The predicted molar refractivity (Wildman–Crippen MR) is 82.7 cm³/mol. The van der Waals surface area contributed by atoms with Gasteiger partial charge in [-0.3, -0.25) is 9.48 Å². The SMILES string of the molecule is O=C(CCn1cncn1)N1CCN(c2ccc(Cl)cn2)CC1. The van der Waals surface area contributed by atoms with Crippen LogP contribution in [0.3, 0.4) is 0 Å². The van der Waals surface area contributed by atoms with Crippen LogP contribution in [0.4, 0.5) is 5.82 Å². The van der Waals surface area contributed by atoms with E-state index in [0.717, 1.165) is 18.9 Å². The van der Waals surface area contributed by atoms with Gasteiger partial charge >= 0.3 is 0 Å². The van der Waals surface area contributed by atoms with Crippen molar-refractivity contribution in [2.45, 2.75) is 13.0 Å². The topological polar surface area (TPSA) is 67.2 Å². The first-order valence-corrected chi connectivity index (χ1v) is 7.57. The summed E-state index contributed by atoms with van der Waals surface area (Å²) >= 11 is 5.85. The molecule has 3 rings (SSSR count). The van der Waals surface area contributed by atoms with Crippen LogP contribution in [0, 0.1) is 0 Å². The van der Waals surface area contributed by atoms with E-state index in [1.807, 2.05) is 17.0 Å². The Kier molecular flexibility index (Phi) is 4.53. The fourth-order valence-corrected chi connectivity index (χ4v) is 2.57. The van der Waals surface area contributed by atoms with Crippen LogP contribution in [0.25, 0.3) is 0 Å². The van der Waals surface area contributed by atoms with E-state index in [-0.39, 0.29) is 5.91 Å². The van der Waals surface area contributed by atoms with Crippen molar-refractivity contribution in [2.75, 3.05) is 31.1 Å². The number of halogens is 1. The number of hydrogen-bond donors (Lipinski definition) is 0. The molecule has 8 heteroatoms. The second-order valence-electron chi connectivity index (χ2n) is 5.11. The molecule has 7 nitrogen and oxygen atoms in total. The molecule has 0 saturated carbocycles. The third-order valence-corrected chi connectivity index (χ3v) is 3.91. The van der Waals surface area contributed by atoms with Crippen molar-refractivity contribution in [1.29, 1.82) is 0 Å². The maximum Gasteiger partial charge on any atom is 0.224 e. The molecule has 0 aliphatic carbocycles. The number of piperazine rings is 1. The van der Waals surface area contributed by atoms with Gasteiger partial charge < -0.3 is 9.80 Å². The summed E-state index contributed by atoms with van der Waals surface area (Å²) in [5.74, 6) is 1.05. The van der Waals surface area contributed by atoms with Crippen molar-refractivity contribution in [3.8, 4) is 0 Å². The Bertz CT molecular complexity index is 607. The van der Waals surface area contributed by atoms with Crippen molar-refractivity contribution in [3.63, 3.8) is 0 Å². The number of pyridine rings is 1. The summed E-state index contributed by atoms with van der Waals surface area (Å²) in [6, 6.07) is 3.74. The molecule has 0 radical (unpaired) electrons. The van der Waals surface area contributed by atoms with Crippen molar-refractivity contribution in [1.82, 2.24) is 24.6 Å². The first-order valence-electron chi connectivity index (χ1n) is 7.19. The number of aromatic nitrogens is 4. The monoisotopic (exact) mass is 320 g/mol. The van der Waals surface area contributed by atoms with E-state index in [4.69, 9.17) is 11.6 Å². The molecule has 3 heterocycles. The number of anilines is 1. The number of carbonyl (C=O) groups is 1. The highest BCUT2D eigenvalue weighted by Crippen LogP contribution is 2.16. The fraction of sp³-hybridized carbons (Fsp3) is 0.429. The molecule has 1 aliphatic rings. The van der Waals surface area contributed by atoms with Gasteiger partial charge in [0.1, 0.15) is 18.5 Å². The summed E-state index contributed by atoms with van der Waals surface area (Å²) in [6.45, 7) is 3.55. The molecule has 0 bridgehead atoms. The minimum Gasteiger partial charge on any atom is -0.353 e. The lowest BCUT2D eigenvalue weighted by molar-refractivity contribution is -0.131. The molecule has 1 fully saturated rings. The van der Waals surface area contributed by atoms with Crippen LogP contribution in [-0.2, 0) is 11.3 Å². The van der Waals surface area contributed by atoms with Crippen molar-refractivity contribution in [2.24, 2.45) is 0 Å². The zero-order valence-corrected chi connectivity index (χ0v) is 12.9. The molecule has 1 amide bonds. The van der Waals surface area contributed by atoms with Crippen LogP contribution in [0.5, 0.6) is 0 Å². The quantitative estimate of drug-likeness (QED) is 0.843. The highest BCUT2D eigenvalue weighted by atomic mass is 35.5. The highest BCUT2D eigenvalue weighted by Gasteiger charge is 2.21. The molecular weight excluding hydrogens is 304 g/mol. The smallest absolute Gasteiger partial charge is 0.224 e. The molecule has 0 spiro atoms. The maximum absolute atomic E-state index is 12.2. The third-order valence-electron chi connectivity index (χ3n) is 3.69. The number of amides is 1. The standard InChI is InChI=1S/C14H17ClN6O/c15-12-1-2-13(17-9-12)19-5-7-20(8-6-19)14(22)3-4-21-11-16-10-18-21/h1-2,9-11H,3-8H2. The second kappa shape index (κ2) is 6.74. The summed E-state index contributed by atoms with van der Waals surface area (Å²) in [5, 5.41) is 4.63. The van der Waals surface area contributed by atoms with E-state index < -0.39 is 0 Å². The van der Waals surface area contributed by atoms with Gasteiger partial charge in [0.25, 0.3) is 0 Å². The summed E-state index contributed by atoms with van der Waals surface area (Å²) < 4.78 is 1.67.